The largest absolute Gasteiger partial charge is 0.469 e. The summed E-state index contributed by atoms with van der Waals surface area (Å²) >= 11 is 0. The molecule has 0 radical (unpaired) electrons. The number of piperidine rings is 1. The summed E-state index contributed by atoms with van der Waals surface area (Å²) in [7, 11) is 1.35. The standard InChI is InChI=1S/C16H27NO5/c1-15(2,3)22-14(20)17-9-7-16(8-10-17)6-5-11(12(16)18)13(19)21-4/h11-12,18H,5-10H2,1-4H3/t11-,12-/m1/s1. The molecule has 0 aromatic rings. The Morgan fingerprint density at radius 2 is 1.77 bits per heavy atom. The zero-order valence-electron chi connectivity index (χ0n) is 13.9. The molecule has 6 nitrogen and oxygen atoms in total. The van der Waals surface area contributed by atoms with E-state index in [1.807, 2.05) is 20.8 Å². The average Bonchev–Trinajstić information content (AvgIpc) is 2.74. The minimum Gasteiger partial charge on any atom is -0.469 e. The molecular formula is C16H27NO5. The summed E-state index contributed by atoms with van der Waals surface area (Å²) in [6, 6.07) is 0. The number of rotatable bonds is 1. The van der Waals surface area contributed by atoms with Gasteiger partial charge >= 0.3 is 12.1 Å². The number of carbonyl (C=O) groups excluding carboxylic acids is 2. The Morgan fingerprint density at radius 1 is 1.18 bits per heavy atom. The third-order valence-corrected chi connectivity index (χ3v) is 4.88. The molecule has 0 bridgehead atoms. The van der Waals surface area contributed by atoms with Crippen molar-refractivity contribution in [3.05, 3.63) is 0 Å². The van der Waals surface area contributed by atoms with Gasteiger partial charge in [-0.15, -0.1) is 0 Å². The van der Waals surface area contributed by atoms with Gasteiger partial charge in [-0.2, -0.15) is 0 Å². The number of aliphatic hydroxyl groups is 1. The summed E-state index contributed by atoms with van der Waals surface area (Å²) in [5.74, 6) is -0.767. The molecule has 1 spiro atoms. The molecule has 0 aromatic carbocycles. The van der Waals surface area contributed by atoms with Crippen molar-refractivity contribution in [3.63, 3.8) is 0 Å². The molecule has 1 N–H and O–H groups in total. The highest BCUT2D eigenvalue weighted by atomic mass is 16.6. The Balaban J connectivity index is 1.95. The molecule has 126 valence electrons. The van der Waals surface area contributed by atoms with Crippen LogP contribution in [-0.2, 0) is 14.3 Å². The predicted molar refractivity (Wildman–Crippen MR) is 80.2 cm³/mol. The van der Waals surface area contributed by atoms with E-state index in [1.165, 1.54) is 7.11 Å². The van der Waals surface area contributed by atoms with Gasteiger partial charge in [0, 0.05) is 18.5 Å². The molecule has 1 saturated carbocycles. The van der Waals surface area contributed by atoms with Crippen LogP contribution in [0.5, 0.6) is 0 Å². The first-order chi connectivity index (χ1) is 10.2. The molecule has 0 unspecified atom stereocenters. The minimum atomic E-state index is -0.680. The third kappa shape index (κ3) is 3.37. The van der Waals surface area contributed by atoms with E-state index in [4.69, 9.17) is 9.47 Å². The molecule has 22 heavy (non-hydrogen) atoms. The fraction of sp³-hybridized carbons (Fsp3) is 0.875. The quantitative estimate of drug-likeness (QED) is 0.749. The van der Waals surface area contributed by atoms with Gasteiger partial charge in [-0.3, -0.25) is 4.79 Å². The number of nitrogens with zero attached hydrogens (tertiary/aromatic N) is 1. The third-order valence-electron chi connectivity index (χ3n) is 4.88. The molecular weight excluding hydrogens is 286 g/mol. The number of amides is 1. The van der Waals surface area contributed by atoms with Gasteiger partial charge in [-0.05, 0) is 46.5 Å². The number of hydrogen-bond donors (Lipinski definition) is 1. The van der Waals surface area contributed by atoms with Crippen LogP contribution in [0, 0.1) is 11.3 Å². The van der Waals surface area contributed by atoms with Crippen molar-refractivity contribution >= 4 is 12.1 Å². The van der Waals surface area contributed by atoms with E-state index >= 15 is 0 Å². The number of methoxy groups -OCH3 is 1. The van der Waals surface area contributed by atoms with Crippen molar-refractivity contribution in [1.82, 2.24) is 4.90 Å². The van der Waals surface area contributed by atoms with Crippen molar-refractivity contribution in [2.45, 2.75) is 58.2 Å². The second-order valence-corrected chi connectivity index (χ2v) is 7.44. The Hall–Kier alpha value is -1.30. The summed E-state index contributed by atoms with van der Waals surface area (Å²) in [6.07, 6.45) is 1.86. The van der Waals surface area contributed by atoms with Crippen LogP contribution in [0.25, 0.3) is 0 Å². The summed E-state index contributed by atoms with van der Waals surface area (Å²) in [5.41, 5.74) is -0.771. The number of hydrogen-bond acceptors (Lipinski definition) is 5. The van der Waals surface area contributed by atoms with Gasteiger partial charge < -0.3 is 19.5 Å². The molecule has 0 aromatic heterocycles. The molecule has 2 aliphatic rings. The highest BCUT2D eigenvalue weighted by molar-refractivity contribution is 5.73. The number of carbonyl (C=O) groups is 2. The van der Waals surface area contributed by atoms with Crippen LogP contribution in [0.15, 0.2) is 0 Å². The van der Waals surface area contributed by atoms with Crippen molar-refractivity contribution in [3.8, 4) is 0 Å². The van der Waals surface area contributed by atoms with Gasteiger partial charge in [-0.1, -0.05) is 0 Å². The summed E-state index contributed by atoms with van der Waals surface area (Å²) in [6.45, 7) is 6.65. The molecule has 1 amide bonds. The van der Waals surface area contributed by atoms with E-state index in [-0.39, 0.29) is 17.5 Å². The van der Waals surface area contributed by atoms with E-state index in [2.05, 4.69) is 0 Å². The zero-order chi connectivity index (χ0) is 16.5. The van der Waals surface area contributed by atoms with Crippen molar-refractivity contribution in [2.24, 2.45) is 11.3 Å². The Morgan fingerprint density at radius 3 is 2.27 bits per heavy atom. The fourth-order valence-electron chi connectivity index (χ4n) is 3.58. The zero-order valence-corrected chi connectivity index (χ0v) is 13.9. The van der Waals surface area contributed by atoms with Gasteiger partial charge in [0.2, 0.25) is 0 Å². The number of esters is 1. The van der Waals surface area contributed by atoms with Crippen LogP contribution in [0.2, 0.25) is 0 Å². The lowest BCUT2D eigenvalue weighted by Gasteiger charge is -2.42. The Kier molecular flexibility index (Phi) is 4.70. The monoisotopic (exact) mass is 313 g/mol. The summed E-state index contributed by atoms with van der Waals surface area (Å²) in [5, 5.41) is 10.5. The van der Waals surface area contributed by atoms with Crippen molar-refractivity contribution < 1.29 is 24.2 Å². The summed E-state index contributed by atoms with van der Waals surface area (Å²) < 4.78 is 10.2. The Bertz CT molecular complexity index is 434. The van der Waals surface area contributed by atoms with Crippen LogP contribution in [0.1, 0.15) is 46.5 Å². The van der Waals surface area contributed by atoms with Crippen LogP contribution in [0.4, 0.5) is 4.79 Å². The van der Waals surface area contributed by atoms with Gasteiger partial charge in [0.15, 0.2) is 0 Å². The summed E-state index contributed by atoms with van der Waals surface area (Å²) in [4.78, 5) is 25.5. The molecule has 6 heteroatoms. The van der Waals surface area contributed by atoms with Crippen LogP contribution >= 0.6 is 0 Å². The van der Waals surface area contributed by atoms with Crippen LogP contribution in [0.3, 0.4) is 0 Å². The lowest BCUT2D eigenvalue weighted by atomic mass is 9.74. The molecule has 1 saturated heterocycles. The molecule has 1 heterocycles. The van der Waals surface area contributed by atoms with E-state index in [0.29, 0.717) is 32.4 Å². The van der Waals surface area contributed by atoms with E-state index in [1.54, 1.807) is 4.90 Å². The molecule has 1 aliphatic carbocycles. The first-order valence-electron chi connectivity index (χ1n) is 7.92. The SMILES string of the molecule is COC(=O)[C@@H]1CCC2(CCN(C(=O)OC(C)(C)C)CC2)[C@@H]1O. The van der Waals surface area contributed by atoms with Gasteiger partial charge in [0.25, 0.3) is 0 Å². The van der Waals surface area contributed by atoms with E-state index < -0.39 is 17.6 Å². The minimum absolute atomic E-state index is 0.266. The lowest BCUT2D eigenvalue weighted by Crippen LogP contribution is -2.48. The van der Waals surface area contributed by atoms with Crippen molar-refractivity contribution in [2.75, 3.05) is 20.2 Å². The number of aliphatic hydroxyl groups excluding tert-OH is 1. The topological polar surface area (TPSA) is 76.1 Å². The van der Waals surface area contributed by atoms with Gasteiger partial charge in [-0.25, -0.2) is 4.79 Å². The van der Waals surface area contributed by atoms with E-state index in [9.17, 15) is 14.7 Å². The fourth-order valence-corrected chi connectivity index (χ4v) is 3.58. The lowest BCUT2D eigenvalue weighted by molar-refractivity contribution is -0.150. The normalized spacial score (nSPS) is 27.8. The smallest absolute Gasteiger partial charge is 0.410 e. The van der Waals surface area contributed by atoms with Gasteiger partial charge in [0.1, 0.15) is 5.60 Å². The number of likely N-dealkylation sites (tertiary alicyclic amines) is 1. The van der Waals surface area contributed by atoms with Crippen LogP contribution in [-0.4, -0.2) is 54.0 Å². The first-order valence-corrected chi connectivity index (χ1v) is 7.92. The van der Waals surface area contributed by atoms with E-state index in [0.717, 1.165) is 6.42 Å². The second kappa shape index (κ2) is 6.07. The maximum atomic E-state index is 12.1. The molecule has 2 atom stereocenters. The van der Waals surface area contributed by atoms with Crippen LogP contribution < -0.4 is 0 Å². The highest BCUT2D eigenvalue weighted by Gasteiger charge is 2.52. The predicted octanol–water partition coefficient (Wildman–Crippen LogP) is 1.95. The first kappa shape index (κ1) is 17.1. The maximum absolute atomic E-state index is 12.1. The maximum Gasteiger partial charge on any atom is 0.410 e. The van der Waals surface area contributed by atoms with Gasteiger partial charge in [0.05, 0.1) is 19.1 Å². The Labute approximate surface area is 131 Å². The number of ether oxygens (including phenoxy) is 2. The molecule has 2 rings (SSSR count). The average molecular weight is 313 g/mol. The second-order valence-electron chi connectivity index (χ2n) is 7.44. The highest BCUT2D eigenvalue weighted by Crippen LogP contribution is 2.49. The molecule has 2 fully saturated rings. The van der Waals surface area contributed by atoms with Crippen molar-refractivity contribution in [1.29, 1.82) is 0 Å². The molecule has 1 aliphatic heterocycles.